The van der Waals surface area contributed by atoms with Crippen molar-refractivity contribution in [3.05, 3.63) is 12.1 Å². The molecule has 0 fully saturated rings. The molecule has 0 unspecified atom stereocenters. The second-order valence-corrected chi connectivity index (χ2v) is 8.19. The highest BCUT2D eigenvalue weighted by Crippen LogP contribution is 2.24. The lowest BCUT2D eigenvalue weighted by atomic mass is 10.7. The van der Waals surface area contributed by atoms with Crippen molar-refractivity contribution in [3.8, 4) is 0 Å². The molecule has 0 atom stereocenters. The van der Waals surface area contributed by atoms with Gasteiger partial charge in [-0.3, -0.25) is 0 Å². The van der Waals surface area contributed by atoms with Gasteiger partial charge in [0.1, 0.15) is 8.42 Å². The maximum Gasteiger partial charge on any atom is 0.184 e. The monoisotopic (exact) mass is 240 g/mol. The van der Waals surface area contributed by atoms with Gasteiger partial charge in [-0.15, -0.1) is 11.3 Å². The predicted molar refractivity (Wildman–Crippen MR) is 50.5 cm³/mol. The Bertz CT molecular complexity index is 459. The molecule has 1 aromatic rings. The van der Waals surface area contributed by atoms with Crippen LogP contribution in [-0.2, 0) is 19.7 Å². The molecular formula is C6H8O4S3. The van der Waals surface area contributed by atoms with Crippen molar-refractivity contribution >= 4 is 31.0 Å². The van der Waals surface area contributed by atoms with E-state index in [9.17, 15) is 16.8 Å². The van der Waals surface area contributed by atoms with Crippen LogP contribution >= 0.6 is 11.3 Å². The molecule has 1 heterocycles. The van der Waals surface area contributed by atoms with Crippen LogP contribution in [0.2, 0.25) is 0 Å². The smallest absolute Gasteiger partial charge is 0.184 e. The van der Waals surface area contributed by atoms with Gasteiger partial charge < -0.3 is 0 Å². The van der Waals surface area contributed by atoms with Gasteiger partial charge in [0.2, 0.25) is 0 Å². The summed E-state index contributed by atoms with van der Waals surface area (Å²) in [5, 5.41) is 0. The minimum atomic E-state index is -3.29. The molecule has 4 nitrogen and oxygen atoms in total. The van der Waals surface area contributed by atoms with Gasteiger partial charge in [0.15, 0.2) is 19.7 Å². The minimum Gasteiger partial charge on any atom is -0.223 e. The fourth-order valence-electron chi connectivity index (χ4n) is 0.702. The summed E-state index contributed by atoms with van der Waals surface area (Å²) >= 11 is 0.771. The third-order valence-corrected chi connectivity index (χ3v) is 6.01. The van der Waals surface area contributed by atoms with Crippen molar-refractivity contribution in [2.45, 2.75) is 8.42 Å². The van der Waals surface area contributed by atoms with Gasteiger partial charge in [0, 0.05) is 12.5 Å². The molecular weight excluding hydrogens is 232 g/mol. The van der Waals surface area contributed by atoms with E-state index < -0.39 is 19.7 Å². The third kappa shape index (κ3) is 2.52. The standard InChI is InChI=1S/C6H8O4S3/c1-12(7,8)5-3-4-6(11-5)13(2,9)10/h3-4H,1-2H3. The highest BCUT2D eigenvalue weighted by atomic mass is 32.3. The Balaban J connectivity index is 3.32. The molecule has 0 bridgehead atoms. The number of sulfone groups is 2. The highest BCUT2D eigenvalue weighted by molar-refractivity contribution is 7.95. The zero-order valence-corrected chi connectivity index (χ0v) is 9.46. The first kappa shape index (κ1) is 10.7. The largest absolute Gasteiger partial charge is 0.223 e. The Morgan fingerprint density at radius 3 is 1.38 bits per heavy atom. The van der Waals surface area contributed by atoms with E-state index in [-0.39, 0.29) is 8.42 Å². The van der Waals surface area contributed by atoms with Crippen molar-refractivity contribution in [1.29, 1.82) is 0 Å². The first-order chi connectivity index (χ1) is 5.71. The molecule has 74 valence electrons. The summed E-state index contributed by atoms with van der Waals surface area (Å²) in [6.45, 7) is 0. The van der Waals surface area contributed by atoms with Crippen LogP contribution in [0.4, 0.5) is 0 Å². The number of hydrogen-bond acceptors (Lipinski definition) is 5. The zero-order valence-electron chi connectivity index (χ0n) is 7.01. The van der Waals surface area contributed by atoms with Gasteiger partial charge in [-0.25, -0.2) is 16.8 Å². The average Bonchev–Trinajstić information content (AvgIpc) is 2.28. The van der Waals surface area contributed by atoms with Crippen LogP contribution in [0.1, 0.15) is 0 Å². The molecule has 1 rings (SSSR count). The molecule has 0 aliphatic rings. The normalized spacial score (nSPS) is 13.1. The van der Waals surface area contributed by atoms with Gasteiger partial charge >= 0.3 is 0 Å². The summed E-state index contributed by atoms with van der Waals surface area (Å²) in [6, 6.07) is 2.60. The zero-order chi connectivity index (χ0) is 10.3. The first-order valence-electron chi connectivity index (χ1n) is 3.21. The van der Waals surface area contributed by atoms with Gasteiger partial charge in [0.25, 0.3) is 0 Å². The van der Waals surface area contributed by atoms with Crippen LogP contribution in [0.3, 0.4) is 0 Å². The van der Waals surface area contributed by atoms with E-state index in [1.165, 1.54) is 12.1 Å². The molecule has 0 aromatic carbocycles. The summed E-state index contributed by atoms with van der Waals surface area (Å²) in [5.41, 5.74) is 0. The second kappa shape index (κ2) is 3.07. The van der Waals surface area contributed by atoms with Crippen molar-refractivity contribution in [2.75, 3.05) is 12.5 Å². The van der Waals surface area contributed by atoms with E-state index in [0.29, 0.717) is 0 Å². The lowest BCUT2D eigenvalue weighted by Crippen LogP contribution is -1.93. The number of hydrogen-bond donors (Lipinski definition) is 0. The van der Waals surface area contributed by atoms with Crippen molar-refractivity contribution < 1.29 is 16.8 Å². The first-order valence-corrected chi connectivity index (χ1v) is 7.81. The van der Waals surface area contributed by atoms with Crippen molar-refractivity contribution in [3.63, 3.8) is 0 Å². The summed E-state index contributed by atoms with van der Waals surface area (Å²) in [4.78, 5) is 0. The Hall–Kier alpha value is -0.400. The van der Waals surface area contributed by atoms with E-state index in [2.05, 4.69) is 0 Å². The minimum absolute atomic E-state index is 0.0768. The SMILES string of the molecule is CS(=O)(=O)c1ccc(S(C)(=O)=O)s1. The predicted octanol–water partition coefficient (Wildman–Crippen LogP) is 0.555. The molecule has 0 amide bonds. The Morgan fingerprint density at radius 1 is 0.923 bits per heavy atom. The molecule has 7 heteroatoms. The third-order valence-electron chi connectivity index (χ3n) is 1.29. The maximum atomic E-state index is 11.0. The Kier molecular flexibility index (Phi) is 2.52. The summed E-state index contributed by atoms with van der Waals surface area (Å²) in [5.74, 6) is 0. The Morgan fingerprint density at radius 2 is 1.23 bits per heavy atom. The summed E-state index contributed by atoms with van der Waals surface area (Å²) < 4.78 is 44.1. The van der Waals surface area contributed by atoms with Crippen LogP contribution < -0.4 is 0 Å². The molecule has 13 heavy (non-hydrogen) atoms. The van der Waals surface area contributed by atoms with Crippen LogP contribution in [0.25, 0.3) is 0 Å². The second-order valence-electron chi connectivity index (χ2n) is 2.62. The number of thiophene rings is 1. The highest BCUT2D eigenvalue weighted by Gasteiger charge is 2.15. The van der Waals surface area contributed by atoms with Gasteiger partial charge in [-0.2, -0.15) is 0 Å². The lowest BCUT2D eigenvalue weighted by Gasteiger charge is -1.90. The maximum absolute atomic E-state index is 11.0. The fourth-order valence-corrected chi connectivity index (χ4v) is 3.71. The van der Waals surface area contributed by atoms with Gasteiger partial charge in [0.05, 0.1) is 0 Å². The lowest BCUT2D eigenvalue weighted by molar-refractivity contribution is 0.602. The van der Waals surface area contributed by atoms with E-state index in [1.54, 1.807) is 0 Å². The van der Waals surface area contributed by atoms with E-state index in [1.807, 2.05) is 0 Å². The summed E-state index contributed by atoms with van der Waals surface area (Å²) in [7, 11) is -6.58. The molecule has 1 aromatic heterocycles. The van der Waals surface area contributed by atoms with Crippen molar-refractivity contribution in [2.24, 2.45) is 0 Å². The molecule has 0 saturated heterocycles. The van der Waals surface area contributed by atoms with Crippen LogP contribution in [0.15, 0.2) is 20.6 Å². The topological polar surface area (TPSA) is 68.3 Å². The molecule has 0 N–H and O–H groups in total. The van der Waals surface area contributed by atoms with Crippen LogP contribution in [0.5, 0.6) is 0 Å². The van der Waals surface area contributed by atoms with Crippen LogP contribution in [-0.4, -0.2) is 29.3 Å². The molecule has 0 aliphatic heterocycles. The van der Waals surface area contributed by atoms with E-state index >= 15 is 0 Å². The summed E-state index contributed by atoms with van der Waals surface area (Å²) in [6.07, 6.45) is 2.09. The fraction of sp³-hybridized carbons (Fsp3) is 0.333. The Labute approximate surface area is 81.1 Å². The van der Waals surface area contributed by atoms with Gasteiger partial charge in [-0.1, -0.05) is 0 Å². The average molecular weight is 240 g/mol. The molecule has 0 aliphatic carbocycles. The van der Waals surface area contributed by atoms with Gasteiger partial charge in [-0.05, 0) is 12.1 Å². The molecule has 0 radical (unpaired) electrons. The van der Waals surface area contributed by atoms with Crippen LogP contribution in [0, 0.1) is 0 Å². The molecule has 0 spiro atoms. The number of rotatable bonds is 2. The quantitative estimate of drug-likeness (QED) is 0.757. The van der Waals surface area contributed by atoms with E-state index in [0.717, 1.165) is 23.8 Å². The molecule has 0 saturated carbocycles. The van der Waals surface area contributed by atoms with E-state index in [4.69, 9.17) is 0 Å². The van der Waals surface area contributed by atoms with Crippen molar-refractivity contribution in [1.82, 2.24) is 0 Å².